The normalized spacial score (nSPS) is 27.1. The van der Waals surface area contributed by atoms with E-state index < -0.39 is 12.1 Å². The van der Waals surface area contributed by atoms with Crippen molar-refractivity contribution in [3.63, 3.8) is 0 Å². The van der Waals surface area contributed by atoms with Crippen LogP contribution < -0.4 is 0 Å². The van der Waals surface area contributed by atoms with Crippen LogP contribution in [0.4, 0.5) is 0 Å². The Morgan fingerprint density at radius 3 is 2.53 bits per heavy atom. The molecule has 1 aromatic carbocycles. The number of ketones is 1. The van der Waals surface area contributed by atoms with Gasteiger partial charge in [-0.2, -0.15) is 0 Å². The third-order valence-corrected chi connectivity index (χ3v) is 7.34. The van der Waals surface area contributed by atoms with Gasteiger partial charge in [0.05, 0.1) is 29.0 Å². The number of nitrogens with zero attached hydrogens (tertiary/aromatic N) is 2. The zero-order chi connectivity index (χ0) is 21.8. The van der Waals surface area contributed by atoms with Gasteiger partial charge in [0.2, 0.25) is 5.91 Å². The Labute approximate surface area is 184 Å². The Kier molecular flexibility index (Phi) is 7.75. The predicted octanol–water partition coefficient (Wildman–Crippen LogP) is 4.04. The fourth-order valence-corrected chi connectivity index (χ4v) is 5.29. The molecule has 0 saturated carbocycles. The molecule has 6 heteroatoms. The monoisotopic (exact) mass is 430 g/mol. The zero-order valence-electron chi connectivity index (χ0n) is 18.5. The molecule has 2 aliphatic rings. The molecule has 5 nitrogen and oxygen atoms in total. The van der Waals surface area contributed by atoms with Gasteiger partial charge in [0.25, 0.3) is 0 Å². The van der Waals surface area contributed by atoms with E-state index in [2.05, 4.69) is 50.0 Å². The van der Waals surface area contributed by atoms with Crippen molar-refractivity contribution < 1.29 is 14.7 Å². The molecule has 5 atom stereocenters. The molecule has 2 heterocycles. The van der Waals surface area contributed by atoms with Gasteiger partial charge in [-0.25, -0.2) is 0 Å². The summed E-state index contributed by atoms with van der Waals surface area (Å²) in [5.41, 5.74) is 4.30. The quantitative estimate of drug-likeness (QED) is 0.676. The Morgan fingerprint density at radius 2 is 1.93 bits per heavy atom. The highest BCUT2D eigenvalue weighted by atomic mass is 32.2. The summed E-state index contributed by atoms with van der Waals surface area (Å²) in [6.07, 6.45) is 1.62. The molecule has 0 bridgehead atoms. The lowest BCUT2D eigenvalue weighted by atomic mass is 9.91. The summed E-state index contributed by atoms with van der Waals surface area (Å²) in [6.45, 7) is 8.50. The van der Waals surface area contributed by atoms with Crippen LogP contribution in [0.5, 0.6) is 0 Å². The molecule has 30 heavy (non-hydrogen) atoms. The number of benzene rings is 1. The number of aliphatic hydroxyl groups is 1. The summed E-state index contributed by atoms with van der Waals surface area (Å²) < 4.78 is 0. The molecule has 0 spiro atoms. The SMILES string of the molecule is CC(C)CCC(=O)N1CC(O)C[C@H]1C(=O)C(C)Cc1ccc(C2SC=NC2C)cc1. The topological polar surface area (TPSA) is 70.0 Å². The van der Waals surface area contributed by atoms with Crippen molar-refractivity contribution in [2.75, 3.05) is 6.54 Å². The molecular formula is C24H34N2O3S. The van der Waals surface area contributed by atoms with E-state index in [4.69, 9.17) is 0 Å². The second-order valence-electron chi connectivity index (χ2n) is 9.18. The van der Waals surface area contributed by atoms with Crippen LogP contribution in [0.2, 0.25) is 0 Å². The number of amides is 1. The first-order valence-electron chi connectivity index (χ1n) is 11.0. The van der Waals surface area contributed by atoms with E-state index >= 15 is 0 Å². The summed E-state index contributed by atoms with van der Waals surface area (Å²) >= 11 is 1.75. The molecule has 1 N–H and O–H groups in total. The number of thioether (sulfide) groups is 1. The minimum absolute atomic E-state index is 0.0134. The first-order valence-corrected chi connectivity index (χ1v) is 12.0. The van der Waals surface area contributed by atoms with E-state index in [-0.39, 0.29) is 30.2 Å². The fourth-order valence-electron chi connectivity index (χ4n) is 4.29. The maximum atomic E-state index is 13.1. The fraction of sp³-hybridized carbons (Fsp3) is 0.625. The van der Waals surface area contributed by atoms with Gasteiger partial charge >= 0.3 is 0 Å². The summed E-state index contributed by atoms with van der Waals surface area (Å²) in [6, 6.07) is 8.25. The van der Waals surface area contributed by atoms with Gasteiger partial charge < -0.3 is 10.0 Å². The van der Waals surface area contributed by atoms with Crippen LogP contribution in [-0.2, 0) is 16.0 Å². The van der Waals surface area contributed by atoms with Gasteiger partial charge in [-0.15, -0.1) is 11.8 Å². The minimum Gasteiger partial charge on any atom is -0.391 e. The van der Waals surface area contributed by atoms with E-state index in [1.807, 2.05) is 12.5 Å². The highest BCUT2D eigenvalue weighted by molar-refractivity contribution is 8.12. The average molecular weight is 431 g/mol. The zero-order valence-corrected chi connectivity index (χ0v) is 19.3. The highest BCUT2D eigenvalue weighted by Gasteiger charge is 2.39. The van der Waals surface area contributed by atoms with E-state index in [0.717, 1.165) is 12.0 Å². The Balaban J connectivity index is 1.60. The standard InChI is InChI=1S/C24H34N2O3S/c1-15(2)5-10-22(28)26-13-20(27)12-21(26)23(29)16(3)11-18-6-8-19(9-7-18)24-17(4)25-14-30-24/h6-9,14-17,20-21,24,27H,5,10-13H2,1-4H3/t16?,17?,20?,21-,24?/m0/s1. The lowest BCUT2D eigenvalue weighted by Crippen LogP contribution is -2.43. The summed E-state index contributed by atoms with van der Waals surface area (Å²) in [4.78, 5) is 31.8. The number of aliphatic imine (C=N–C) groups is 1. The number of carbonyl (C=O) groups is 2. The van der Waals surface area contributed by atoms with E-state index in [1.54, 1.807) is 16.7 Å². The molecule has 0 aromatic heterocycles. The van der Waals surface area contributed by atoms with Gasteiger partial charge in [0.15, 0.2) is 5.78 Å². The Bertz CT molecular complexity index is 777. The maximum absolute atomic E-state index is 13.1. The number of rotatable bonds is 8. The van der Waals surface area contributed by atoms with Crippen LogP contribution in [0.25, 0.3) is 0 Å². The molecule has 1 aromatic rings. The van der Waals surface area contributed by atoms with Crippen molar-refractivity contribution in [1.29, 1.82) is 0 Å². The second-order valence-corrected chi connectivity index (χ2v) is 10.2. The number of β-amino-alcohol motifs (C(OH)–C–C–N with tert-alkyl or cyclic N) is 1. The van der Waals surface area contributed by atoms with Gasteiger partial charge in [0, 0.05) is 25.3 Å². The Morgan fingerprint density at radius 1 is 1.23 bits per heavy atom. The van der Waals surface area contributed by atoms with E-state index in [1.165, 1.54) is 5.56 Å². The number of likely N-dealkylation sites (tertiary alicyclic amines) is 1. The molecule has 2 aliphatic heterocycles. The molecule has 164 valence electrons. The molecule has 1 saturated heterocycles. The summed E-state index contributed by atoms with van der Waals surface area (Å²) in [5.74, 6) is 0.284. The van der Waals surface area contributed by atoms with Gasteiger partial charge in [-0.05, 0) is 36.8 Å². The average Bonchev–Trinajstić information content (AvgIpc) is 3.31. The molecular weight excluding hydrogens is 396 g/mol. The van der Waals surface area contributed by atoms with Crippen LogP contribution in [-0.4, -0.2) is 52.0 Å². The number of carbonyl (C=O) groups excluding carboxylic acids is 2. The van der Waals surface area contributed by atoms with Gasteiger partial charge in [-0.3, -0.25) is 14.6 Å². The highest BCUT2D eigenvalue weighted by Crippen LogP contribution is 2.36. The molecule has 0 aliphatic carbocycles. The lowest BCUT2D eigenvalue weighted by Gasteiger charge is -2.26. The third-order valence-electron chi connectivity index (χ3n) is 6.14. The van der Waals surface area contributed by atoms with Crippen molar-refractivity contribution in [3.8, 4) is 0 Å². The number of hydrogen-bond donors (Lipinski definition) is 1. The van der Waals surface area contributed by atoms with Crippen molar-refractivity contribution in [3.05, 3.63) is 35.4 Å². The summed E-state index contributed by atoms with van der Waals surface area (Å²) in [5, 5.41) is 10.5. The predicted molar refractivity (Wildman–Crippen MR) is 123 cm³/mol. The lowest BCUT2D eigenvalue weighted by molar-refractivity contribution is -0.139. The maximum Gasteiger partial charge on any atom is 0.223 e. The first kappa shape index (κ1) is 23.0. The molecule has 1 fully saturated rings. The molecule has 4 unspecified atom stereocenters. The van der Waals surface area contributed by atoms with Crippen molar-refractivity contribution in [1.82, 2.24) is 4.90 Å². The van der Waals surface area contributed by atoms with Gasteiger partial charge in [-0.1, -0.05) is 45.0 Å². The third kappa shape index (κ3) is 5.52. The van der Waals surface area contributed by atoms with Crippen LogP contribution in [0, 0.1) is 11.8 Å². The van der Waals surface area contributed by atoms with Crippen molar-refractivity contribution in [2.45, 2.75) is 76.8 Å². The number of aliphatic hydroxyl groups excluding tert-OH is 1. The van der Waals surface area contributed by atoms with Crippen molar-refractivity contribution in [2.24, 2.45) is 16.8 Å². The van der Waals surface area contributed by atoms with Crippen LogP contribution in [0.15, 0.2) is 29.3 Å². The van der Waals surface area contributed by atoms with Gasteiger partial charge in [0.1, 0.15) is 0 Å². The van der Waals surface area contributed by atoms with Crippen LogP contribution >= 0.6 is 11.8 Å². The summed E-state index contributed by atoms with van der Waals surface area (Å²) in [7, 11) is 0. The minimum atomic E-state index is -0.610. The van der Waals surface area contributed by atoms with Crippen molar-refractivity contribution >= 4 is 29.0 Å². The second kappa shape index (κ2) is 10.1. The van der Waals surface area contributed by atoms with Crippen LogP contribution in [0.3, 0.4) is 0 Å². The molecule has 0 radical (unpaired) electrons. The smallest absolute Gasteiger partial charge is 0.223 e. The molecule has 1 amide bonds. The number of Topliss-reactive ketones (excluding diaryl/α,β-unsaturated/α-hetero) is 1. The Hall–Kier alpha value is -1.66. The molecule has 3 rings (SSSR count). The van der Waals surface area contributed by atoms with E-state index in [9.17, 15) is 14.7 Å². The van der Waals surface area contributed by atoms with E-state index in [0.29, 0.717) is 30.4 Å². The largest absolute Gasteiger partial charge is 0.391 e. The number of hydrogen-bond acceptors (Lipinski definition) is 5. The first-order chi connectivity index (χ1) is 14.3. The van der Waals surface area contributed by atoms with Crippen LogP contribution in [0.1, 0.15) is 63.3 Å².